The Kier molecular flexibility index (Phi) is 5.34. The molecule has 0 amide bonds. The van der Waals surface area contributed by atoms with Crippen LogP contribution in [0.4, 0.5) is 0 Å². The monoisotopic (exact) mass is 352 g/mol. The Hall–Kier alpha value is -2.40. The number of rotatable bonds is 6. The molecule has 0 N–H and O–H groups in total. The third-order valence-electron chi connectivity index (χ3n) is 3.98. The van der Waals surface area contributed by atoms with E-state index >= 15 is 0 Å². The first-order chi connectivity index (χ1) is 12.1. The van der Waals surface area contributed by atoms with Crippen LogP contribution >= 0.6 is 11.8 Å². The first kappa shape index (κ1) is 17.4. The lowest BCUT2D eigenvalue weighted by Gasteiger charge is -2.15. The second kappa shape index (κ2) is 7.66. The Morgan fingerprint density at radius 2 is 1.80 bits per heavy atom. The molecular weight excluding hydrogens is 332 g/mol. The van der Waals surface area contributed by atoms with Gasteiger partial charge in [0.1, 0.15) is 0 Å². The standard InChI is InChI=1S/C20H20N2O2S/c1-3-13-22-19(24)16-11-7-8-12-17(16)21-20(22)25-14(2)18(23)15-9-5-4-6-10-15/h4-12,14H,3,13H2,1-2H3. The molecular formula is C20H20N2O2S. The molecule has 1 aromatic heterocycles. The third-order valence-corrected chi connectivity index (χ3v) is 5.07. The van der Waals surface area contributed by atoms with E-state index in [4.69, 9.17) is 0 Å². The number of nitrogens with zero attached hydrogens (tertiary/aromatic N) is 2. The number of hydrogen-bond donors (Lipinski definition) is 0. The number of carbonyl (C=O) groups excluding carboxylic acids is 1. The zero-order valence-corrected chi connectivity index (χ0v) is 15.1. The van der Waals surface area contributed by atoms with Crippen molar-refractivity contribution in [2.45, 2.75) is 37.2 Å². The topological polar surface area (TPSA) is 52.0 Å². The van der Waals surface area contributed by atoms with Crippen LogP contribution in [0.5, 0.6) is 0 Å². The molecule has 0 aliphatic heterocycles. The van der Waals surface area contributed by atoms with Crippen molar-refractivity contribution in [1.82, 2.24) is 9.55 Å². The second-order valence-corrected chi connectivity index (χ2v) is 7.17. The van der Waals surface area contributed by atoms with Crippen LogP contribution < -0.4 is 5.56 Å². The summed E-state index contributed by atoms with van der Waals surface area (Å²) in [5.74, 6) is 0.0380. The van der Waals surface area contributed by atoms with Crippen molar-refractivity contribution in [2.24, 2.45) is 0 Å². The highest BCUT2D eigenvalue weighted by molar-refractivity contribution is 8.00. The molecule has 1 unspecified atom stereocenters. The Morgan fingerprint density at radius 3 is 2.52 bits per heavy atom. The highest BCUT2D eigenvalue weighted by Gasteiger charge is 2.20. The lowest BCUT2D eigenvalue weighted by atomic mass is 10.1. The smallest absolute Gasteiger partial charge is 0.262 e. The van der Waals surface area contributed by atoms with Gasteiger partial charge in [-0.05, 0) is 25.5 Å². The average molecular weight is 352 g/mol. The Labute approximate surface area is 150 Å². The molecule has 4 nitrogen and oxygen atoms in total. The van der Waals surface area contributed by atoms with Gasteiger partial charge in [0.25, 0.3) is 5.56 Å². The molecule has 2 aromatic carbocycles. The fraction of sp³-hybridized carbons (Fsp3) is 0.250. The third kappa shape index (κ3) is 3.66. The first-order valence-electron chi connectivity index (χ1n) is 8.37. The number of benzene rings is 2. The fourth-order valence-corrected chi connectivity index (χ4v) is 3.72. The van der Waals surface area contributed by atoms with E-state index in [1.54, 1.807) is 10.6 Å². The molecule has 3 rings (SSSR count). The number of carbonyl (C=O) groups is 1. The minimum absolute atomic E-state index is 0.0380. The van der Waals surface area contributed by atoms with Crippen molar-refractivity contribution in [2.75, 3.05) is 0 Å². The lowest BCUT2D eigenvalue weighted by molar-refractivity contribution is 0.0994. The van der Waals surface area contributed by atoms with E-state index in [-0.39, 0.29) is 16.6 Å². The summed E-state index contributed by atoms with van der Waals surface area (Å²) in [6.07, 6.45) is 0.828. The molecule has 5 heteroatoms. The molecule has 25 heavy (non-hydrogen) atoms. The molecule has 3 aromatic rings. The van der Waals surface area contributed by atoms with E-state index in [1.165, 1.54) is 11.8 Å². The zero-order valence-electron chi connectivity index (χ0n) is 14.3. The van der Waals surface area contributed by atoms with Crippen LogP contribution in [0.25, 0.3) is 10.9 Å². The van der Waals surface area contributed by atoms with Gasteiger partial charge < -0.3 is 0 Å². The molecule has 128 valence electrons. The first-order valence-corrected chi connectivity index (χ1v) is 9.25. The summed E-state index contributed by atoms with van der Waals surface area (Å²) in [4.78, 5) is 30.1. The summed E-state index contributed by atoms with van der Waals surface area (Å²) < 4.78 is 1.68. The van der Waals surface area contributed by atoms with E-state index in [9.17, 15) is 9.59 Å². The predicted octanol–water partition coefficient (Wildman–Crippen LogP) is 4.17. The summed E-state index contributed by atoms with van der Waals surface area (Å²) in [6, 6.07) is 16.6. The number of aromatic nitrogens is 2. The molecule has 0 aliphatic carbocycles. The molecule has 0 aliphatic rings. The van der Waals surface area contributed by atoms with Crippen molar-refractivity contribution in [3.63, 3.8) is 0 Å². The van der Waals surface area contributed by atoms with Crippen molar-refractivity contribution in [3.8, 4) is 0 Å². The van der Waals surface area contributed by atoms with Gasteiger partial charge in [-0.15, -0.1) is 0 Å². The van der Waals surface area contributed by atoms with Gasteiger partial charge in [-0.25, -0.2) is 4.98 Å². The summed E-state index contributed by atoms with van der Waals surface area (Å²) in [5.41, 5.74) is 1.30. The molecule has 1 heterocycles. The van der Waals surface area contributed by atoms with Gasteiger partial charge >= 0.3 is 0 Å². The van der Waals surface area contributed by atoms with Crippen LogP contribution in [0.3, 0.4) is 0 Å². The highest BCUT2D eigenvalue weighted by Crippen LogP contribution is 2.25. The number of fused-ring (bicyclic) bond motifs is 1. The van der Waals surface area contributed by atoms with E-state index in [0.717, 1.165) is 6.42 Å². The van der Waals surface area contributed by atoms with Crippen LogP contribution in [-0.2, 0) is 6.54 Å². The summed E-state index contributed by atoms with van der Waals surface area (Å²) in [6.45, 7) is 4.47. The second-order valence-electron chi connectivity index (χ2n) is 5.86. The number of thioether (sulfide) groups is 1. The summed E-state index contributed by atoms with van der Waals surface area (Å²) >= 11 is 1.34. The normalized spacial score (nSPS) is 12.2. The van der Waals surface area contributed by atoms with Gasteiger partial charge in [-0.2, -0.15) is 0 Å². The van der Waals surface area contributed by atoms with Gasteiger partial charge in [-0.1, -0.05) is 61.2 Å². The molecule has 0 radical (unpaired) electrons. The minimum atomic E-state index is -0.321. The van der Waals surface area contributed by atoms with Crippen molar-refractivity contribution in [1.29, 1.82) is 0 Å². The SMILES string of the molecule is CCCn1c(SC(C)C(=O)c2ccccc2)nc2ccccc2c1=O. The molecule has 0 saturated carbocycles. The molecule has 0 bridgehead atoms. The largest absolute Gasteiger partial charge is 0.293 e. The van der Waals surface area contributed by atoms with E-state index in [1.807, 2.05) is 62.4 Å². The maximum absolute atomic E-state index is 12.8. The molecule has 0 spiro atoms. The van der Waals surface area contributed by atoms with Crippen LogP contribution in [0, 0.1) is 0 Å². The number of hydrogen-bond acceptors (Lipinski definition) is 4. The van der Waals surface area contributed by atoms with Crippen molar-refractivity contribution < 1.29 is 4.79 Å². The molecule has 0 saturated heterocycles. The maximum atomic E-state index is 12.8. The van der Waals surface area contributed by atoms with Gasteiger partial charge in [0.15, 0.2) is 10.9 Å². The van der Waals surface area contributed by atoms with Crippen LogP contribution in [-0.4, -0.2) is 20.6 Å². The van der Waals surface area contributed by atoms with Crippen LogP contribution in [0.1, 0.15) is 30.6 Å². The van der Waals surface area contributed by atoms with Crippen molar-refractivity contribution in [3.05, 3.63) is 70.5 Å². The van der Waals surface area contributed by atoms with Crippen LogP contribution in [0.2, 0.25) is 0 Å². The number of Topliss-reactive ketones (excluding diaryl/α,β-unsaturated/α-hetero) is 1. The number of ketones is 1. The van der Waals surface area contributed by atoms with E-state index < -0.39 is 0 Å². The van der Waals surface area contributed by atoms with Gasteiger partial charge in [0, 0.05) is 12.1 Å². The zero-order chi connectivity index (χ0) is 17.8. The number of para-hydroxylation sites is 1. The fourth-order valence-electron chi connectivity index (χ4n) is 2.71. The van der Waals surface area contributed by atoms with E-state index in [0.29, 0.717) is 28.2 Å². The van der Waals surface area contributed by atoms with Gasteiger partial charge in [0.05, 0.1) is 16.2 Å². The molecule has 1 atom stereocenters. The Bertz CT molecular complexity index is 951. The Morgan fingerprint density at radius 1 is 1.12 bits per heavy atom. The predicted molar refractivity (Wildman–Crippen MR) is 102 cm³/mol. The maximum Gasteiger partial charge on any atom is 0.262 e. The lowest BCUT2D eigenvalue weighted by Crippen LogP contribution is -2.25. The molecule has 0 fully saturated rings. The van der Waals surface area contributed by atoms with E-state index in [2.05, 4.69) is 4.98 Å². The van der Waals surface area contributed by atoms with Gasteiger partial charge in [0.2, 0.25) is 0 Å². The quantitative estimate of drug-likeness (QED) is 0.379. The van der Waals surface area contributed by atoms with Crippen molar-refractivity contribution >= 4 is 28.4 Å². The summed E-state index contributed by atoms with van der Waals surface area (Å²) in [5, 5.41) is 0.892. The average Bonchev–Trinajstić information content (AvgIpc) is 2.65. The minimum Gasteiger partial charge on any atom is -0.293 e. The Balaban J connectivity index is 1.98. The highest BCUT2D eigenvalue weighted by atomic mass is 32.2. The van der Waals surface area contributed by atoms with Crippen LogP contribution in [0.15, 0.2) is 64.5 Å². The van der Waals surface area contributed by atoms with Gasteiger partial charge in [-0.3, -0.25) is 14.2 Å². The summed E-state index contributed by atoms with van der Waals surface area (Å²) in [7, 11) is 0.